The summed E-state index contributed by atoms with van der Waals surface area (Å²) in [6, 6.07) is 0. The summed E-state index contributed by atoms with van der Waals surface area (Å²) in [5, 5.41) is 0. The van der Waals surface area contributed by atoms with Crippen molar-refractivity contribution in [1.29, 1.82) is 0 Å². The third kappa shape index (κ3) is 3.80. The summed E-state index contributed by atoms with van der Waals surface area (Å²) in [6.45, 7) is 3.47. The quantitative estimate of drug-likeness (QED) is 0.554. The number of hydrogen-bond donors (Lipinski definition) is 0. The van der Waals surface area contributed by atoms with Gasteiger partial charge >= 0.3 is 0 Å². The molecule has 1 saturated heterocycles. The summed E-state index contributed by atoms with van der Waals surface area (Å²) in [4.78, 5) is 14.1. The van der Waals surface area contributed by atoms with Crippen LogP contribution in [-0.4, -0.2) is 30.8 Å². The molecule has 2 heteroatoms. The monoisotopic (exact) mass is 237 g/mol. The van der Waals surface area contributed by atoms with Crippen molar-refractivity contribution >= 4 is 6.29 Å². The second kappa shape index (κ2) is 6.53. The average molecular weight is 237 g/mol. The summed E-state index contributed by atoms with van der Waals surface area (Å²) in [6.07, 6.45) is 14.1. The van der Waals surface area contributed by atoms with Gasteiger partial charge in [0, 0.05) is 12.0 Å². The van der Waals surface area contributed by atoms with Gasteiger partial charge in [0.25, 0.3) is 0 Å². The molecule has 0 aromatic rings. The van der Waals surface area contributed by atoms with E-state index in [0.29, 0.717) is 0 Å². The molecule has 0 unspecified atom stereocenters. The number of rotatable bonds is 3. The van der Waals surface area contributed by atoms with Crippen LogP contribution in [0, 0.1) is 5.41 Å². The Morgan fingerprint density at radius 3 is 1.88 bits per heavy atom. The first-order valence-corrected chi connectivity index (χ1v) is 7.53. The summed E-state index contributed by atoms with van der Waals surface area (Å²) in [5.74, 6) is 0. The van der Waals surface area contributed by atoms with Gasteiger partial charge in [-0.1, -0.05) is 38.5 Å². The fourth-order valence-electron chi connectivity index (χ4n) is 3.49. The van der Waals surface area contributed by atoms with E-state index < -0.39 is 0 Å². The smallest absolute Gasteiger partial charge is 0.127 e. The summed E-state index contributed by atoms with van der Waals surface area (Å²) in [7, 11) is 0. The van der Waals surface area contributed by atoms with E-state index in [4.69, 9.17) is 0 Å². The first-order valence-electron chi connectivity index (χ1n) is 7.53. The van der Waals surface area contributed by atoms with Crippen LogP contribution in [-0.2, 0) is 4.79 Å². The van der Waals surface area contributed by atoms with Gasteiger partial charge in [-0.2, -0.15) is 0 Å². The molecule has 0 amide bonds. The fraction of sp³-hybridized carbons (Fsp3) is 0.933. The van der Waals surface area contributed by atoms with Crippen LogP contribution in [0.2, 0.25) is 0 Å². The molecule has 98 valence electrons. The minimum absolute atomic E-state index is 0.000833. The maximum Gasteiger partial charge on any atom is 0.127 e. The normalized spacial score (nSPS) is 27.1. The summed E-state index contributed by atoms with van der Waals surface area (Å²) in [5.41, 5.74) is 0.000833. The first kappa shape index (κ1) is 13.1. The summed E-state index contributed by atoms with van der Waals surface area (Å²) >= 11 is 0. The highest BCUT2D eigenvalue weighted by Gasteiger charge is 2.32. The molecule has 1 saturated carbocycles. The van der Waals surface area contributed by atoms with Crippen LogP contribution in [0.1, 0.15) is 64.2 Å². The van der Waals surface area contributed by atoms with E-state index in [-0.39, 0.29) is 5.41 Å². The third-order valence-electron chi connectivity index (χ3n) is 4.59. The molecule has 0 radical (unpaired) electrons. The number of carbonyl (C=O) groups excluding carboxylic acids is 1. The van der Waals surface area contributed by atoms with E-state index >= 15 is 0 Å². The molecule has 2 rings (SSSR count). The lowest BCUT2D eigenvalue weighted by atomic mass is 9.81. The van der Waals surface area contributed by atoms with Crippen molar-refractivity contribution < 1.29 is 4.79 Å². The highest BCUT2D eigenvalue weighted by atomic mass is 16.1. The minimum atomic E-state index is 0.000833. The zero-order valence-electron chi connectivity index (χ0n) is 11.1. The van der Waals surface area contributed by atoms with Crippen molar-refractivity contribution in [2.24, 2.45) is 5.41 Å². The third-order valence-corrected chi connectivity index (χ3v) is 4.59. The zero-order valence-corrected chi connectivity index (χ0v) is 11.1. The maximum absolute atomic E-state index is 11.6. The molecule has 17 heavy (non-hydrogen) atoms. The predicted octanol–water partition coefficient (Wildman–Crippen LogP) is 3.40. The van der Waals surface area contributed by atoms with Crippen LogP contribution in [0.3, 0.4) is 0 Å². The van der Waals surface area contributed by atoms with Gasteiger partial charge in [0.15, 0.2) is 0 Å². The Hall–Kier alpha value is -0.370. The molecule has 0 N–H and O–H groups in total. The highest BCUT2D eigenvalue weighted by molar-refractivity contribution is 5.59. The molecule has 0 aromatic carbocycles. The maximum atomic E-state index is 11.6. The topological polar surface area (TPSA) is 20.3 Å². The van der Waals surface area contributed by atoms with E-state index in [1.54, 1.807) is 0 Å². The van der Waals surface area contributed by atoms with E-state index in [2.05, 4.69) is 4.90 Å². The molecule has 2 fully saturated rings. The zero-order chi connectivity index (χ0) is 12.0. The van der Waals surface area contributed by atoms with Gasteiger partial charge in [-0.25, -0.2) is 0 Å². The van der Waals surface area contributed by atoms with Gasteiger partial charge in [0.1, 0.15) is 6.29 Å². The molecule has 2 nitrogen and oxygen atoms in total. The minimum Gasteiger partial charge on any atom is -0.303 e. The number of likely N-dealkylation sites (tertiary alicyclic amines) is 1. The molecular formula is C15H27NO. The van der Waals surface area contributed by atoms with Gasteiger partial charge in [0.05, 0.1) is 0 Å². The molecular weight excluding hydrogens is 210 g/mol. The number of carbonyl (C=O) groups is 1. The first-order chi connectivity index (χ1) is 8.35. The number of nitrogens with zero attached hydrogens (tertiary/aromatic N) is 1. The molecule has 1 heterocycles. The average Bonchev–Trinajstić information content (AvgIpc) is 2.73. The lowest BCUT2D eigenvalue weighted by Crippen LogP contribution is -2.39. The number of aldehydes is 1. The van der Waals surface area contributed by atoms with Crippen LogP contribution < -0.4 is 0 Å². The van der Waals surface area contributed by atoms with Crippen molar-refractivity contribution in [3.05, 3.63) is 0 Å². The Morgan fingerprint density at radius 1 is 0.824 bits per heavy atom. The molecule has 0 spiro atoms. The number of hydrogen-bond acceptors (Lipinski definition) is 2. The largest absolute Gasteiger partial charge is 0.303 e. The molecule has 1 aliphatic carbocycles. The lowest BCUT2D eigenvalue weighted by Gasteiger charge is -2.33. The van der Waals surface area contributed by atoms with E-state index in [1.165, 1.54) is 70.7 Å². The van der Waals surface area contributed by atoms with Gasteiger partial charge in [-0.05, 0) is 38.8 Å². The van der Waals surface area contributed by atoms with Gasteiger partial charge in [0.2, 0.25) is 0 Å². The van der Waals surface area contributed by atoms with Crippen LogP contribution in [0.25, 0.3) is 0 Å². The van der Waals surface area contributed by atoms with Crippen molar-refractivity contribution in [1.82, 2.24) is 4.90 Å². The molecule has 1 aliphatic heterocycles. The van der Waals surface area contributed by atoms with Crippen molar-refractivity contribution in [2.45, 2.75) is 64.2 Å². The molecule has 0 bridgehead atoms. The Morgan fingerprint density at radius 2 is 1.35 bits per heavy atom. The Bertz CT molecular complexity index is 223. The summed E-state index contributed by atoms with van der Waals surface area (Å²) < 4.78 is 0. The Balaban J connectivity index is 1.93. The molecule has 0 atom stereocenters. The highest BCUT2D eigenvalue weighted by Crippen LogP contribution is 2.34. The van der Waals surface area contributed by atoms with Gasteiger partial charge < -0.3 is 9.69 Å². The van der Waals surface area contributed by atoms with E-state index in [0.717, 1.165) is 19.4 Å². The SMILES string of the molecule is O=CC1(CN2CCCCCC2)CCCCCC1. The van der Waals surface area contributed by atoms with Crippen molar-refractivity contribution in [2.75, 3.05) is 19.6 Å². The van der Waals surface area contributed by atoms with Crippen LogP contribution in [0.5, 0.6) is 0 Å². The predicted molar refractivity (Wildman–Crippen MR) is 71.1 cm³/mol. The standard InChI is InChI=1S/C15H27NO/c17-14-15(9-5-1-2-6-10-15)13-16-11-7-3-4-8-12-16/h14H,1-13H2. The Labute approximate surface area is 106 Å². The van der Waals surface area contributed by atoms with E-state index in [9.17, 15) is 4.79 Å². The van der Waals surface area contributed by atoms with Gasteiger partial charge in [-0.3, -0.25) is 0 Å². The van der Waals surface area contributed by atoms with Crippen molar-refractivity contribution in [3.63, 3.8) is 0 Å². The molecule has 0 aromatic heterocycles. The van der Waals surface area contributed by atoms with Crippen LogP contribution in [0.15, 0.2) is 0 Å². The van der Waals surface area contributed by atoms with Gasteiger partial charge in [-0.15, -0.1) is 0 Å². The Kier molecular flexibility index (Phi) is 5.02. The van der Waals surface area contributed by atoms with Crippen LogP contribution >= 0.6 is 0 Å². The lowest BCUT2D eigenvalue weighted by molar-refractivity contribution is -0.118. The second-order valence-corrected chi connectivity index (χ2v) is 6.08. The van der Waals surface area contributed by atoms with E-state index in [1.807, 2.05) is 0 Å². The second-order valence-electron chi connectivity index (χ2n) is 6.08. The fourth-order valence-corrected chi connectivity index (χ4v) is 3.49. The van der Waals surface area contributed by atoms with Crippen LogP contribution in [0.4, 0.5) is 0 Å². The molecule has 2 aliphatic rings. The van der Waals surface area contributed by atoms with Crippen molar-refractivity contribution in [3.8, 4) is 0 Å².